The number of hydrogen-bond donors (Lipinski definition) is 0. The standard InChI is InChI=1S/C9H17Cl2N2O3P/c10-2-4-12(5-3-11)17(15,13-6-7-13)16-9-1-8-14/h8H,1-7,9H2. The lowest BCUT2D eigenvalue weighted by atomic mass is 10.5. The van der Waals surface area contributed by atoms with Crippen molar-refractivity contribution in [2.45, 2.75) is 6.42 Å². The molecule has 0 bridgehead atoms. The van der Waals surface area contributed by atoms with Crippen LogP contribution in [0.4, 0.5) is 0 Å². The summed E-state index contributed by atoms with van der Waals surface area (Å²) in [6.45, 7) is 2.59. The molecule has 1 heterocycles. The quantitative estimate of drug-likeness (QED) is 0.202. The fraction of sp³-hybridized carbons (Fsp3) is 0.889. The predicted octanol–water partition coefficient (Wildman–Crippen LogP) is 1.80. The van der Waals surface area contributed by atoms with Crippen LogP contribution in [0.2, 0.25) is 0 Å². The van der Waals surface area contributed by atoms with Crippen LogP contribution in [-0.4, -0.2) is 60.2 Å². The molecule has 1 rings (SSSR count). The van der Waals surface area contributed by atoms with Crippen LogP contribution < -0.4 is 0 Å². The largest absolute Gasteiger partial charge is 0.346 e. The molecular weight excluding hydrogens is 286 g/mol. The highest BCUT2D eigenvalue weighted by Gasteiger charge is 2.44. The zero-order chi connectivity index (χ0) is 12.7. The molecule has 1 aliphatic rings. The molecule has 8 heteroatoms. The van der Waals surface area contributed by atoms with Crippen LogP contribution in [0.25, 0.3) is 0 Å². The highest BCUT2D eigenvalue weighted by molar-refractivity contribution is 7.54. The van der Waals surface area contributed by atoms with E-state index in [0.717, 1.165) is 19.4 Å². The molecule has 1 saturated heterocycles. The van der Waals surface area contributed by atoms with Gasteiger partial charge in [0.1, 0.15) is 6.29 Å². The first-order valence-electron chi connectivity index (χ1n) is 5.50. The highest BCUT2D eigenvalue weighted by Crippen LogP contribution is 2.57. The Bertz CT molecular complexity index is 283. The first-order valence-corrected chi connectivity index (χ1v) is 8.10. The van der Waals surface area contributed by atoms with Gasteiger partial charge in [0, 0.05) is 44.4 Å². The molecule has 0 amide bonds. The van der Waals surface area contributed by atoms with Crippen LogP contribution in [-0.2, 0) is 13.9 Å². The van der Waals surface area contributed by atoms with Crippen molar-refractivity contribution in [3.05, 3.63) is 0 Å². The summed E-state index contributed by atoms with van der Waals surface area (Å²) in [4.78, 5) is 10.3. The van der Waals surface area contributed by atoms with Gasteiger partial charge in [-0.05, 0) is 0 Å². The minimum Gasteiger partial charge on any atom is -0.305 e. The Morgan fingerprint density at radius 2 is 1.88 bits per heavy atom. The summed E-state index contributed by atoms with van der Waals surface area (Å²) in [5, 5.41) is 0. The van der Waals surface area contributed by atoms with Crippen molar-refractivity contribution in [2.75, 3.05) is 44.5 Å². The van der Waals surface area contributed by atoms with Crippen LogP contribution in [0.5, 0.6) is 0 Å². The van der Waals surface area contributed by atoms with Gasteiger partial charge in [0.15, 0.2) is 0 Å². The molecule has 0 radical (unpaired) electrons. The van der Waals surface area contributed by atoms with Crippen molar-refractivity contribution in [2.24, 2.45) is 0 Å². The molecule has 0 N–H and O–H groups in total. The maximum atomic E-state index is 12.7. The Morgan fingerprint density at radius 3 is 2.29 bits per heavy atom. The summed E-state index contributed by atoms with van der Waals surface area (Å²) in [5.74, 6) is 0.734. The van der Waals surface area contributed by atoms with Crippen LogP contribution in [0.3, 0.4) is 0 Å². The zero-order valence-corrected chi connectivity index (χ0v) is 12.0. The van der Waals surface area contributed by atoms with Crippen LogP contribution >= 0.6 is 30.9 Å². The summed E-state index contributed by atoms with van der Waals surface area (Å²) in [5.41, 5.74) is 0. The van der Waals surface area contributed by atoms with Crippen LogP contribution in [0, 0.1) is 0 Å². The van der Waals surface area contributed by atoms with Gasteiger partial charge < -0.3 is 9.32 Å². The number of aldehydes is 1. The summed E-state index contributed by atoms with van der Waals surface area (Å²) < 4.78 is 21.6. The normalized spacial score (nSPS) is 19.2. The van der Waals surface area contributed by atoms with E-state index in [0.29, 0.717) is 24.8 Å². The third kappa shape index (κ3) is 4.51. The Balaban J connectivity index is 2.65. The average molecular weight is 303 g/mol. The van der Waals surface area contributed by atoms with Crippen molar-refractivity contribution in [1.82, 2.24) is 9.34 Å². The maximum Gasteiger partial charge on any atom is 0.346 e. The van der Waals surface area contributed by atoms with E-state index in [-0.39, 0.29) is 13.0 Å². The lowest BCUT2D eigenvalue weighted by Gasteiger charge is -2.30. The molecule has 0 spiro atoms. The van der Waals surface area contributed by atoms with E-state index >= 15 is 0 Å². The van der Waals surface area contributed by atoms with Crippen molar-refractivity contribution < 1.29 is 13.9 Å². The minimum absolute atomic E-state index is 0.165. The second kappa shape index (κ2) is 7.72. The van der Waals surface area contributed by atoms with Crippen LogP contribution in [0.15, 0.2) is 0 Å². The molecule has 0 aromatic heterocycles. The SMILES string of the molecule is O=CCCOP(=O)(N(CCCl)CCCl)N1CC1. The Labute approximate surface area is 112 Å². The first-order chi connectivity index (χ1) is 8.19. The van der Waals surface area contributed by atoms with Gasteiger partial charge in [-0.15, -0.1) is 23.2 Å². The van der Waals surface area contributed by atoms with Gasteiger partial charge >= 0.3 is 7.67 Å². The van der Waals surface area contributed by atoms with Crippen molar-refractivity contribution in [3.8, 4) is 0 Å². The number of nitrogens with zero attached hydrogens (tertiary/aromatic N) is 2. The highest BCUT2D eigenvalue weighted by atomic mass is 35.5. The number of hydrogen-bond acceptors (Lipinski definition) is 3. The number of carbonyl (C=O) groups is 1. The monoisotopic (exact) mass is 302 g/mol. The average Bonchev–Trinajstić information content (AvgIpc) is 3.13. The van der Waals surface area contributed by atoms with E-state index < -0.39 is 7.67 Å². The van der Waals surface area contributed by atoms with Crippen LogP contribution in [0.1, 0.15) is 6.42 Å². The van der Waals surface area contributed by atoms with Gasteiger partial charge in [-0.1, -0.05) is 0 Å². The molecule has 0 saturated carbocycles. The number of rotatable bonds is 10. The molecule has 17 heavy (non-hydrogen) atoms. The van der Waals surface area contributed by atoms with Gasteiger partial charge in [-0.3, -0.25) is 4.57 Å². The summed E-state index contributed by atoms with van der Waals surface area (Å²) in [6, 6.07) is 0. The first kappa shape index (κ1) is 15.4. The van der Waals surface area contributed by atoms with E-state index in [1.54, 1.807) is 9.34 Å². The second-order valence-electron chi connectivity index (χ2n) is 3.56. The number of carbonyl (C=O) groups excluding carboxylic acids is 1. The molecule has 0 aliphatic carbocycles. The topological polar surface area (TPSA) is 49.6 Å². The molecule has 5 nitrogen and oxygen atoms in total. The van der Waals surface area contributed by atoms with Gasteiger partial charge in [0.2, 0.25) is 0 Å². The fourth-order valence-corrected chi connectivity index (χ4v) is 4.39. The van der Waals surface area contributed by atoms with E-state index in [2.05, 4.69) is 0 Å². The van der Waals surface area contributed by atoms with Crippen molar-refractivity contribution in [3.63, 3.8) is 0 Å². The Morgan fingerprint density at radius 1 is 1.29 bits per heavy atom. The summed E-state index contributed by atoms with van der Waals surface area (Å²) in [7, 11) is -3.01. The van der Waals surface area contributed by atoms with Gasteiger partial charge in [0.25, 0.3) is 0 Å². The molecule has 1 fully saturated rings. The second-order valence-corrected chi connectivity index (χ2v) is 6.69. The zero-order valence-electron chi connectivity index (χ0n) is 9.56. The number of halogens is 2. The fourth-order valence-electron chi connectivity index (χ4n) is 1.42. The maximum absolute atomic E-state index is 12.7. The molecule has 1 atom stereocenters. The van der Waals surface area contributed by atoms with E-state index in [9.17, 15) is 9.36 Å². The predicted molar refractivity (Wildman–Crippen MR) is 68.8 cm³/mol. The Kier molecular flexibility index (Phi) is 7.00. The number of alkyl halides is 2. The minimum atomic E-state index is -3.01. The lowest BCUT2D eigenvalue weighted by Crippen LogP contribution is -2.29. The summed E-state index contributed by atoms with van der Waals surface area (Å²) in [6.07, 6.45) is 0.993. The molecule has 100 valence electrons. The lowest BCUT2D eigenvalue weighted by molar-refractivity contribution is -0.108. The van der Waals surface area contributed by atoms with E-state index in [1.165, 1.54) is 0 Å². The van der Waals surface area contributed by atoms with Gasteiger partial charge in [-0.2, -0.15) is 0 Å². The molecule has 1 aliphatic heterocycles. The molecular formula is C9H17Cl2N2O3P. The van der Waals surface area contributed by atoms with Gasteiger partial charge in [-0.25, -0.2) is 9.34 Å². The third-order valence-corrected chi connectivity index (χ3v) is 5.41. The van der Waals surface area contributed by atoms with Crippen molar-refractivity contribution >= 4 is 37.2 Å². The third-order valence-electron chi connectivity index (χ3n) is 2.32. The van der Waals surface area contributed by atoms with Gasteiger partial charge in [0.05, 0.1) is 6.61 Å². The molecule has 1 unspecified atom stereocenters. The Hall–Kier alpha value is 0.360. The molecule has 0 aromatic carbocycles. The molecule has 0 aromatic rings. The smallest absolute Gasteiger partial charge is 0.305 e. The van der Waals surface area contributed by atoms with Crippen molar-refractivity contribution in [1.29, 1.82) is 0 Å². The van der Waals surface area contributed by atoms with E-state index in [1.807, 2.05) is 0 Å². The van der Waals surface area contributed by atoms with E-state index in [4.69, 9.17) is 27.7 Å². The summed E-state index contributed by atoms with van der Waals surface area (Å²) >= 11 is 11.4.